The van der Waals surface area contributed by atoms with Gasteiger partial charge in [-0.1, -0.05) is 0 Å². The van der Waals surface area contributed by atoms with E-state index in [9.17, 15) is 0 Å². The summed E-state index contributed by atoms with van der Waals surface area (Å²) < 4.78 is 8.65. The van der Waals surface area contributed by atoms with Crippen molar-refractivity contribution in [2.24, 2.45) is 17.2 Å². The summed E-state index contributed by atoms with van der Waals surface area (Å²) in [6, 6.07) is 1.62. The van der Waals surface area contributed by atoms with Gasteiger partial charge in [-0.05, 0) is 6.92 Å². The molecule has 0 aliphatic carbocycles. The zero-order valence-electron chi connectivity index (χ0n) is 10.7. The smallest absolute Gasteiger partial charge is 0.270 e. The molecule has 1 heterocycles. The Balaban J connectivity index is 2.23. The van der Waals surface area contributed by atoms with Crippen LogP contribution in [0.15, 0.2) is 6.07 Å². The molecule has 1 fully saturated rings. The topological polar surface area (TPSA) is 184 Å². The van der Waals surface area contributed by atoms with E-state index >= 15 is 0 Å². The Morgan fingerprint density at radius 2 is 1.90 bits per heavy atom. The van der Waals surface area contributed by atoms with Gasteiger partial charge in [0.25, 0.3) is 8.45 Å². The van der Waals surface area contributed by atoms with Gasteiger partial charge >= 0.3 is 0 Å². The average Bonchev–Trinajstić information content (AvgIpc) is 2.42. The van der Waals surface area contributed by atoms with Crippen LogP contribution >= 0.6 is 25.7 Å². The molecule has 13 N–H and O–H groups in total. The second kappa shape index (κ2) is 6.07. The average molecular weight is 337 g/mol. The van der Waals surface area contributed by atoms with Gasteiger partial charge in [0.15, 0.2) is 8.37 Å². The van der Waals surface area contributed by atoms with E-state index < -0.39 is 16.8 Å². The van der Waals surface area contributed by atoms with Crippen molar-refractivity contribution in [2.45, 2.75) is 6.92 Å². The Morgan fingerprint density at radius 1 is 1.25 bits per heavy atom. The highest BCUT2D eigenvalue weighted by Gasteiger charge is 2.34. The van der Waals surface area contributed by atoms with E-state index in [-0.39, 0.29) is 8.88 Å². The van der Waals surface area contributed by atoms with E-state index in [1.54, 1.807) is 13.0 Å². The summed E-state index contributed by atoms with van der Waals surface area (Å²) in [7, 11) is -2.49. The summed E-state index contributed by atoms with van der Waals surface area (Å²) in [5.41, 5.74) is 25.1. The Hall–Kier alpha value is -0.530. The molecule has 2 rings (SSSR count). The monoisotopic (exact) mass is 337 g/mol. The number of anilines is 3. The first-order valence-corrected chi connectivity index (χ1v) is 8.88. The van der Waals surface area contributed by atoms with Gasteiger partial charge in [0.2, 0.25) is 0 Å². The number of nitrogen functional groups attached to an aromatic ring is 3. The first kappa shape index (κ1) is 15.9. The molecule has 3 atom stereocenters. The van der Waals surface area contributed by atoms with Crippen LogP contribution in [0.25, 0.3) is 0 Å². The molecule has 20 heavy (non-hydrogen) atoms. The lowest BCUT2D eigenvalue weighted by atomic mass is 10.1. The van der Waals surface area contributed by atoms with Crippen molar-refractivity contribution in [3.8, 4) is 5.75 Å². The number of hydrogen-bond acceptors (Lipinski definition) is 10. The quantitative estimate of drug-likeness (QED) is 0.220. The molecule has 0 amide bonds. The Bertz CT molecular complexity index is 517. The molecule has 13 heteroatoms. The number of hydrogen-bond donors (Lipinski definition) is 7. The molecule has 0 spiro atoms. The molecule has 1 aliphatic heterocycles. The molecule has 3 unspecified atom stereocenters. The number of hydrazine groups is 2. The molecule has 1 aromatic rings. The third-order valence-electron chi connectivity index (χ3n) is 2.72. The molecule has 1 aromatic carbocycles. The summed E-state index contributed by atoms with van der Waals surface area (Å²) in [6.07, 6.45) is 0. The SMILES string of the molecule is Cc1c(OP2NPN(N)P(N)N2N)cc(N)c(N)c1N. The second-order valence-corrected chi connectivity index (χ2v) is 8.94. The van der Waals surface area contributed by atoms with Gasteiger partial charge < -0.3 is 21.7 Å². The van der Waals surface area contributed by atoms with Crippen LogP contribution in [0, 0.1) is 6.92 Å². The lowest BCUT2D eigenvalue weighted by Gasteiger charge is -2.39. The third kappa shape index (κ3) is 2.89. The van der Waals surface area contributed by atoms with Gasteiger partial charge in [-0.3, -0.25) is 17.2 Å². The molecular weight excluding hydrogens is 319 g/mol. The molecule has 1 saturated heterocycles. The Kier molecular flexibility index (Phi) is 4.81. The maximum Gasteiger partial charge on any atom is 0.270 e. The van der Waals surface area contributed by atoms with Crippen LogP contribution in [-0.2, 0) is 0 Å². The van der Waals surface area contributed by atoms with E-state index in [1.165, 1.54) is 9.10 Å². The van der Waals surface area contributed by atoms with Crippen molar-refractivity contribution in [1.29, 1.82) is 0 Å². The fraction of sp³-hybridized carbons (Fsp3) is 0.143. The van der Waals surface area contributed by atoms with Crippen LogP contribution in [0.2, 0.25) is 0 Å². The maximum atomic E-state index is 5.89. The molecule has 1 aliphatic rings. The normalized spacial score (nSPS) is 26.0. The molecule has 10 nitrogen and oxygen atoms in total. The highest BCUT2D eigenvalue weighted by Crippen LogP contribution is 2.58. The van der Waals surface area contributed by atoms with Crippen molar-refractivity contribution in [3.63, 3.8) is 0 Å². The van der Waals surface area contributed by atoms with Crippen LogP contribution in [0.3, 0.4) is 0 Å². The molecular formula is C7H18N9OP3. The van der Waals surface area contributed by atoms with Crippen molar-refractivity contribution in [2.75, 3.05) is 17.2 Å². The molecule has 112 valence electrons. The fourth-order valence-electron chi connectivity index (χ4n) is 1.45. The molecule has 0 saturated carbocycles. The maximum absolute atomic E-state index is 5.89. The van der Waals surface area contributed by atoms with Crippen molar-refractivity contribution in [1.82, 2.24) is 14.0 Å². The number of nitrogens with one attached hydrogen (secondary N) is 1. The van der Waals surface area contributed by atoms with E-state index in [2.05, 4.69) is 4.86 Å². The zero-order chi connectivity index (χ0) is 15.0. The first-order valence-electron chi connectivity index (χ1n) is 5.40. The summed E-state index contributed by atoms with van der Waals surface area (Å²) in [5, 5.41) is 0. The summed E-state index contributed by atoms with van der Waals surface area (Å²) in [5.74, 6) is 12.1. The standard InChI is InChI=1S/C7H18N9OP3/c1-3-5(2-4(8)7(10)6(3)9)17-20-14-18-15(11)19(13)16(20)12/h2,14,18H,8-13H2,1H3. The second-order valence-electron chi connectivity index (χ2n) is 3.99. The van der Waals surface area contributed by atoms with Gasteiger partial charge in [0.05, 0.1) is 25.9 Å². The number of nitrogens with zero attached hydrogens (tertiary/aromatic N) is 2. The van der Waals surface area contributed by atoms with Crippen LogP contribution in [-0.4, -0.2) is 9.10 Å². The van der Waals surface area contributed by atoms with Gasteiger partial charge in [0.1, 0.15) is 5.75 Å². The molecule has 0 bridgehead atoms. The van der Waals surface area contributed by atoms with E-state index in [4.69, 9.17) is 38.9 Å². The van der Waals surface area contributed by atoms with Crippen LogP contribution in [0.4, 0.5) is 17.1 Å². The minimum absolute atomic E-state index is 0.123. The largest absolute Gasteiger partial charge is 0.443 e. The molecule has 0 radical (unpaired) electrons. The van der Waals surface area contributed by atoms with E-state index in [1.807, 2.05) is 0 Å². The van der Waals surface area contributed by atoms with Crippen LogP contribution < -0.4 is 43.8 Å². The van der Waals surface area contributed by atoms with E-state index in [0.717, 1.165) is 0 Å². The summed E-state index contributed by atoms with van der Waals surface area (Å²) >= 11 is 0. The zero-order valence-corrected chi connectivity index (χ0v) is 13.5. The minimum atomic E-state index is -1.32. The highest BCUT2D eigenvalue weighted by atomic mass is 31.3. The van der Waals surface area contributed by atoms with E-state index in [0.29, 0.717) is 28.4 Å². The number of rotatable bonds is 2. The van der Waals surface area contributed by atoms with Crippen LogP contribution in [0.1, 0.15) is 5.56 Å². The minimum Gasteiger partial charge on any atom is -0.443 e. The van der Waals surface area contributed by atoms with Crippen molar-refractivity contribution in [3.05, 3.63) is 11.6 Å². The number of benzene rings is 1. The Morgan fingerprint density at radius 3 is 2.55 bits per heavy atom. The highest BCUT2D eigenvalue weighted by molar-refractivity contribution is 7.75. The summed E-state index contributed by atoms with van der Waals surface area (Å²) in [4.78, 5) is 3.07. The number of nitrogens with two attached hydrogens (primary N) is 6. The van der Waals surface area contributed by atoms with Gasteiger partial charge in [0, 0.05) is 11.6 Å². The molecule has 0 aromatic heterocycles. The lowest BCUT2D eigenvalue weighted by molar-refractivity contribution is 0.530. The van der Waals surface area contributed by atoms with Crippen molar-refractivity contribution < 1.29 is 4.52 Å². The van der Waals surface area contributed by atoms with Crippen LogP contribution in [0.5, 0.6) is 5.75 Å². The predicted octanol–water partition coefficient (Wildman–Crippen LogP) is -0.00398. The fourth-order valence-corrected chi connectivity index (χ4v) is 6.21. The predicted molar refractivity (Wildman–Crippen MR) is 86.6 cm³/mol. The van der Waals surface area contributed by atoms with Gasteiger partial charge in [-0.25, -0.2) is 4.86 Å². The van der Waals surface area contributed by atoms with Gasteiger partial charge in [-0.15, -0.1) is 4.55 Å². The third-order valence-corrected chi connectivity index (χ3v) is 7.67. The Labute approximate surface area is 120 Å². The van der Waals surface area contributed by atoms with Gasteiger partial charge in [-0.2, -0.15) is 4.55 Å². The lowest BCUT2D eigenvalue weighted by Crippen LogP contribution is -2.41. The summed E-state index contributed by atoms with van der Waals surface area (Å²) in [6.45, 7) is 1.80. The van der Waals surface area contributed by atoms with Crippen molar-refractivity contribution >= 4 is 42.8 Å². The first-order chi connectivity index (χ1) is 9.32.